The maximum Gasteiger partial charge on any atom is 0.123 e. The number of aliphatic hydroxyl groups excluding tert-OH is 2. The van der Waals surface area contributed by atoms with E-state index in [9.17, 15) is 14.6 Å². The van der Waals surface area contributed by atoms with Crippen molar-refractivity contribution < 1.29 is 19.3 Å². The number of halogens is 1. The molecule has 0 aromatic heterocycles. The summed E-state index contributed by atoms with van der Waals surface area (Å²) in [6, 6.07) is 4.23. The van der Waals surface area contributed by atoms with Crippen molar-refractivity contribution in [1.82, 2.24) is 0 Å². The van der Waals surface area contributed by atoms with Gasteiger partial charge in [-0.2, -0.15) is 0 Å². The van der Waals surface area contributed by atoms with E-state index < -0.39 is 12.2 Å². The van der Waals surface area contributed by atoms with Gasteiger partial charge in [-0.25, -0.2) is 4.39 Å². The molecule has 0 saturated heterocycles. The molecule has 102 valence electrons. The molecular weight excluding hydrogens is 237 g/mol. The van der Waals surface area contributed by atoms with Crippen molar-refractivity contribution in [2.45, 2.75) is 19.1 Å². The predicted molar refractivity (Wildman–Crippen MR) is 68.2 cm³/mol. The monoisotopic (exact) mass is 257 g/mol. The molecule has 2 unspecified atom stereocenters. The second-order valence-electron chi connectivity index (χ2n) is 4.37. The summed E-state index contributed by atoms with van der Waals surface area (Å²) in [6.07, 6.45) is -1.40. The van der Waals surface area contributed by atoms with Gasteiger partial charge in [-0.1, -0.05) is 0 Å². The highest BCUT2D eigenvalue weighted by atomic mass is 19.1. The molecule has 18 heavy (non-hydrogen) atoms. The summed E-state index contributed by atoms with van der Waals surface area (Å²) in [6.45, 7) is 2.16. The molecule has 4 nitrogen and oxygen atoms in total. The number of likely N-dealkylation sites (N-methyl/N-ethyl adjacent to an activating group) is 1. The van der Waals surface area contributed by atoms with Crippen LogP contribution < -0.4 is 4.90 Å². The Bertz CT molecular complexity index is 384. The normalized spacial score (nSPS) is 14.3. The van der Waals surface area contributed by atoms with Gasteiger partial charge < -0.3 is 19.8 Å². The first-order valence-electron chi connectivity index (χ1n) is 5.81. The second kappa shape index (κ2) is 6.68. The third-order valence-electron chi connectivity index (χ3n) is 2.69. The van der Waals surface area contributed by atoms with E-state index in [0.29, 0.717) is 17.8 Å². The minimum atomic E-state index is -0.766. The van der Waals surface area contributed by atoms with Gasteiger partial charge in [0.1, 0.15) is 5.82 Å². The Hall–Kier alpha value is -1.17. The number of benzene rings is 1. The van der Waals surface area contributed by atoms with Crippen LogP contribution in [0.1, 0.15) is 18.6 Å². The number of hydrogen-bond donors (Lipinski definition) is 2. The molecule has 0 aliphatic carbocycles. The van der Waals surface area contributed by atoms with Crippen LogP contribution in [-0.2, 0) is 4.74 Å². The van der Waals surface area contributed by atoms with Crippen molar-refractivity contribution in [3.8, 4) is 0 Å². The van der Waals surface area contributed by atoms with Crippen LogP contribution in [0.3, 0.4) is 0 Å². The number of nitrogens with zero attached hydrogens (tertiary/aromatic N) is 1. The Morgan fingerprint density at radius 2 is 2.06 bits per heavy atom. The van der Waals surface area contributed by atoms with Crippen LogP contribution in [0, 0.1) is 5.82 Å². The van der Waals surface area contributed by atoms with E-state index in [-0.39, 0.29) is 12.4 Å². The number of aliphatic hydroxyl groups is 2. The third-order valence-corrected chi connectivity index (χ3v) is 2.69. The van der Waals surface area contributed by atoms with Crippen molar-refractivity contribution in [3.05, 3.63) is 29.6 Å². The molecule has 0 bridgehead atoms. The summed E-state index contributed by atoms with van der Waals surface area (Å²) in [5.74, 6) is -0.388. The van der Waals surface area contributed by atoms with Crippen molar-refractivity contribution >= 4 is 5.69 Å². The van der Waals surface area contributed by atoms with Gasteiger partial charge in [0.25, 0.3) is 0 Å². The first kappa shape index (κ1) is 14.9. The van der Waals surface area contributed by atoms with Crippen LogP contribution in [0.25, 0.3) is 0 Å². The van der Waals surface area contributed by atoms with Gasteiger partial charge in [0, 0.05) is 32.0 Å². The molecule has 0 heterocycles. The van der Waals surface area contributed by atoms with Crippen molar-refractivity contribution in [2.75, 3.05) is 32.2 Å². The summed E-state index contributed by atoms with van der Waals surface area (Å²) < 4.78 is 18.0. The van der Waals surface area contributed by atoms with Crippen LogP contribution in [-0.4, -0.2) is 43.6 Å². The van der Waals surface area contributed by atoms with E-state index in [4.69, 9.17) is 4.74 Å². The molecule has 1 rings (SSSR count). The van der Waals surface area contributed by atoms with Gasteiger partial charge in [0.15, 0.2) is 0 Å². The highest BCUT2D eigenvalue weighted by molar-refractivity contribution is 5.54. The van der Waals surface area contributed by atoms with Gasteiger partial charge >= 0.3 is 0 Å². The zero-order chi connectivity index (χ0) is 13.7. The first-order chi connectivity index (χ1) is 8.45. The Morgan fingerprint density at radius 1 is 1.39 bits per heavy atom. The number of rotatable bonds is 6. The minimum absolute atomic E-state index is 0.232. The van der Waals surface area contributed by atoms with Crippen molar-refractivity contribution in [1.29, 1.82) is 0 Å². The zero-order valence-corrected chi connectivity index (χ0v) is 10.9. The molecule has 0 radical (unpaired) electrons. The number of ether oxygens (including phenoxy) is 1. The molecule has 2 N–H and O–H groups in total. The topological polar surface area (TPSA) is 52.9 Å². The van der Waals surface area contributed by atoms with Crippen LogP contribution in [0.5, 0.6) is 0 Å². The first-order valence-corrected chi connectivity index (χ1v) is 5.81. The Morgan fingerprint density at radius 3 is 2.61 bits per heavy atom. The van der Waals surface area contributed by atoms with Crippen LogP contribution >= 0.6 is 0 Å². The molecule has 0 amide bonds. The van der Waals surface area contributed by atoms with Gasteiger partial charge in [-0.15, -0.1) is 0 Å². The van der Waals surface area contributed by atoms with Gasteiger partial charge in [0.05, 0.1) is 18.8 Å². The maximum absolute atomic E-state index is 13.2. The lowest BCUT2D eigenvalue weighted by Gasteiger charge is -2.25. The predicted octanol–water partition coefficient (Wildman–Crippen LogP) is 1.32. The maximum atomic E-state index is 13.2. The fourth-order valence-corrected chi connectivity index (χ4v) is 1.87. The Balaban J connectivity index is 2.87. The molecule has 1 aromatic carbocycles. The summed E-state index contributed by atoms with van der Waals surface area (Å²) >= 11 is 0. The lowest BCUT2D eigenvalue weighted by Crippen LogP contribution is -2.32. The molecule has 0 saturated carbocycles. The summed E-state index contributed by atoms with van der Waals surface area (Å²) in [5.41, 5.74) is 1.20. The summed E-state index contributed by atoms with van der Waals surface area (Å²) in [7, 11) is 3.29. The Labute approximate surface area is 107 Å². The van der Waals surface area contributed by atoms with Crippen molar-refractivity contribution in [2.24, 2.45) is 0 Å². The molecule has 0 aliphatic heterocycles. The van der Waals surface area contributed by atoms with Crippen LogP contribution in [0.4, 0.5) is 10.1 Å². The quantitative estimate of drug-likeness (QED) is 0.807. The zero-order valence-electron chi connectivity index (χ0n) is 10.9. The molecule has 0 fully saturated rings. The average molecular weight is 257 g/mol. The fraction of sp³-hybridized carbons (Fsp3) is 0.538. The highest BCUT2D eigenvalue weighted by Crippen LogP contribution is 2.26. The van der Waals surface area contributed by atoms with E-state index in [0.717, 1.165) is 0 Å². The number of methoxy groups -OCH3 is 1. The van der Waals surface area contributed by atoms with Crippen LogP contribution in [0.2, 0.25) is 0 Å². The summed E-state index contributed by atoms with van der Waals surface area (Å²) in [5, 5.41) is 19.3. The van der Waals surface area contributed by atoms with E-state index in [1.165, 1.54) is 19.2 Å². The molecule has 0 aliphatic rings. The van der Waals surface area contributed by atoms with Gasteiger partial charge in [0.2, 0.25) is 0 Å². The van der Waals surface area contributed by atoms with E-state index in [2.05, 4.69) is 0 Å². The number of hydrogen-bond acceptors (Lipinski definition) is 4. The lowest BCUT2D eigenvalue weighted by atomic mass is 10.1. The van der Waals surface area contributed by atoms with Gasteiger partial charge in [-0.3, -0.25) is 0 Å². The largest absolute Gasteiger partial charge is 0.389 e. The summed E-state index contributed by atoms with van der Waals surface area (Å²) in [4.78, 5) is 1.77. The lowest BCUT2D eigenvalue weighted by molar-refractivity contribution is 0.0694. The average Bonchev–Trinajstić information content (AvgIpc) is 2.28. The number of anilines is 1. The molecule has 2 atom stereocenters. The SMILES string of the molecule is COCC(O)CN(C)c1ccc(F)cc1C(C)O. The molecule has 1 aromatic rings. The van der Waals surface area contributed by atoms with Gasteiger partial charge in [-0.05, 0) is 25.1 Å². The smallest absolute Gasteiger partial charge is 0.123 e. The van der Waals surface area contributed by atoms with E-state index in [1.54, 1.807) is 24.9 Å². The second-order valence-corrected chi connectivity index (χ2v) is 4.37. The van der Waals surface area contributed by atoms with E-state index >= 15 is 0 Å². The fourth-order valence-electron chi connectivity index (χ4n) is 1.87. The Kier molecular flexibility index (Phi) is 5.53. The molecule has 0 spiro atoms. The molecule has 5 heteroatoms. The standard InChI is InChI=1S/C13H20FNO3/c1-9(16)12-6-10(14)4-5-13(12)15(2)7-11(17)8-18-3/h4-6,9,11,16-17H,7-8H2,1-3H3. The highest BCUT2D eigenvalue weighted by Gasteiger charge is 2.15. The van der Waals surface area contributed by atoms with E-state index in [1.807, 2.05) is 0 Å². The molecular formula is C13H20FNO3. The van der Waals surface area contributed by atoms with Crippen molar-refractivity contribution in [3.63, 3.8) is 0 Å². The third kappa shape index (κ3) is 3.94. The van der Waals surface area contributed by atoms with Crippen LogP contribution in [0.15, 0.2) is 18.2 Å². The minimum Gasteiger partial charge on any atom is -0.389 e.